The molecule has 0 aliphatic carbocycles. The normalized spacial score (nSPS) is 10.9. The monoisotopic (exact) mass is 229 g/mol. The maximum absolute atomic E-state index is 4.48. The number of H-pyrrole nitrogens is 1. The molecule has 7 heteroatoms. The van der Waals surface area contributed by atoms with Crippen LogP contribution in [0.15, 0.2) is 30.9 Å². The maximum Gasteiger partial charge on any atom is 0.157 e. The summed E-state index contributed by atoms with van der Waals surface area (Å²) in [7, 11) is 1.96. The third-order valence-corrected chi connectivity index (χ3v) is 2.49. The number of hydrogen-bond donors (Lipinski definition) is 1. The fourth-order valence-electron chi connectivity index (χ4n) is 1.63. The van der Waals surface area contributed by atoms with Gasteiger partial charge in [0.1, 0.15) is 18.0 Å². The highest BCUT2D eigenvalue weighted by Gasteiger charge is 2.06. The Balaban J connectivity index is 1.87. The van der Waals surface area contributed by atoms with E-state index in [0.29, 0.717) is 6.54 Å². The minimum Gasteiger partial charge on any atom is -0.352 e. The molecule has 86 valence electrons. The number of anilines is 1. The summed E-state index contributed by atoms with van der Waals surface area (Å²) in [6.45, 7) is 0.636. The van der Waals surface area contributed by atoms with Crippen LogP contribution in [0.2, 0.25) is 0 Å². The van der Waals surface area contributed by atoms with Gasteiger partial charge in [-0.05, 0) is 6.07 Å². The average molecular weight is 229 g/mol. The zero-order valence-corrected chi connectivity index (χ0v) is 9.28. The molecule has 0 bridgehead atoms. The Morgan fingerprint density at radius 3 is 3.18 bits per heavy atom. The lowest BCUT2D eigenvalue weighted by Gasteiger charge is -2.16. The first kappa shape index (κ1) is 9.76. The zero-order valence-electron chi connectivity index (χ0n) is 9.28. The number of aromatic amines is 1. The summed E-state index contributed by atoms with van der Waals surface area (Å²) >= 11 is 0. The number of fused-ring (bicyclic) bond motifs is 1. The summed E-state index contributed by atoms with van der Waals surface area (Å²) in [5.41, 5.74) is 0.826. The first-order valence-corrected chi connectivity index (χ1v) is 5.19. The third kappa shape index (κ3) is 1.82. The van der Waals surface area contributed by atoms with Gasteiger partial charge in [0.2, 0.25) is 0 Å². The van der Waals surface area contributed by atoms with Gasteiger partial charge in [0.25, 0.3) is 0 Å². The van der Waals surface area contributed by atoms with E-state index in [2.05, 4.69) is 25.3 Å². The van der Waals surface area contributed by atoms with Gasteiger partial charge in [0.05, 0.1) is 12.7 Å². The van der Waals surface area contributed by atoms with Gasteiger partial charge >= 0.3 is 0 Å². The Labute approximate surface area is 97.1 Å². The molecular weight excluding hydrogens is 218 g/mol. The molecule has 0 aromatic carbocycles. The molecule has 0 saturated heterocycles. The van der Waals surface area contributed by atoms with Gasteiger partial charge in [0.15, 0.2) is 5.65 Å². The topological polar surface area (TPSA) is 75.0 Å². The number of aromatic nitrogens is 6. The van der Waals surface area contributed by atoms with E-state index < -0.39 is 0 Å². The smallest absolute Gasteiger partial charge is 0.157 e. The largest absolute Gasteiger partial charge is 0.352 e. The lowest BCUT2D eigenvalue weighted by Crippen LogP contribution is -2.18. The van der Waals surface area contributed by atoms with E-state index in [4.69, 9.17) is 0 Å². The highest BCUT2D eigenvalue weighted by Crippen LogP contribution is 2.11. The van der Waals surface area contributed by atoms with Crippen LogP contribution in [0.5, 0.6) is 0 Å². The van der Waals surface area contributed by atoms with Crippen molar-refractivity contribution < 1.29 is 0 Å². The SMILES string of the molecule is CN(Cc1ncn[nH]1)c1ccn2nccc2n1. The Morgan fingerprint density at radius 1 is 1.41 bits per heavy atom. The Morgan fingerprint density at radius 2 is 2.35 bits per heavy atom. The molecule has 0 aliphatic heterocycles. The molecule has 0 spiro atoms. The van der Waals surface area contributed by atoms with Crippen LogP contribution in [0.25, 0.3) is 5.65 Å². The average Bonchev–Trinajstić information content (AvgIpc) is 2.97. The molecule has 0 atom stereocenters. The van der Waals surface area contributed by atoms with Gasteiger partial charge in [-0.15, -0.1) is 0 Å². The van der Waals surface area contributed by atoms with E-state index in [0.717, 1.165) is 17.3 Å². The van der Waals surface area contributed by atoms with Gasteiger partial charge in [-0.1, -0.05) is 0 Å². The fraction of sp³-hybridized carbons (Fsp3) is 0.200. The van der Waals surface area contributed by atoms with Crippen LogP contribution in [0.1, 0.15) is 5.82 Å². The van der Waals surface area contributed by atoms with E-state index in [1.807, 2.05) is 30.3 Å². The third-order valence-electron chi connectivity index (χ3n) is 2.49. The van der Waals surface area contributed by atoms with Crippen LogP contribution in [0, 0.1) is 0 Å². The van der Waals surface area contributed by atoms with Gasteiger partial charge in [-0.25, -0.2) is 14.5 Å². The Kier molecular flexibility index (Phi) is 2.21. The van der Waals surface area contributed by atoms with E-state index in [9.17, 15) is 0 Å². The second-order valence-electron chi connectivity index (χ2n) is 3.71. The molecule has 3 rings (SSSR count). The van der Waals surface area contributed by atoms with Crippen molar-refractivity contribution in [3.8, 4) is 0 Å². The summed E-state index contributed by atoms with van der Waals surface area (Å²) in [6.07, 6.45) is 5.11. The highest BCUT2D eigenvalue weighted by molar-refractivity contribution is 5.46. The molecule has 3 heterocycles. The molecule has 0 amide bonds. The zero-order chi connectivity index (χ0) is 11.7. The molecule has 0 unspecified atom stereocenters. The van der Waals surface area contributed by atoms with Crippen molar-refractivity contribution in [1.29, 1.82) is 0 Å². The van der Waals surface area contributed by atoms with Crippen molar-refractivity contribution in [2.45, 2.75) is 6.54 Å². The molecular formula is C10H11N7. The van der Waals surface area contributed by atoms with Gasteiger partial charge < -0.3 is 4.90 Å². The van der Waals surface area contributed by atoms with Crippen molar-refractivity contribution >= 4 is 11.5 Å². The quantitative estimate of drug-likeness (QED) is 0.707. The minimum absolute atomic E-state index is 0.636. The molecule has 0 aliphatic rings. The van der Waals surface area contributed by atoms with Crippen molar-refractivity contribution in [1.82, 2.24) is 29.8 Å². The highest BCUT2D eigenvalue weighted by atomic mass is 15.3. The first-order chi connectivity index (χ1) is 8.33. The second kappa shape index (κ2) is 3.85. The van der Waals surface area contributed by atoms with Crippen LogP contribution in [0.4, 0.5) is 5.82 Å². The van der Waals surface area contributed by atoms with E-state index in [-0.39, 0.29) is 0 Å². The Bertz CT molecular complexity index is 612. The molecule has 1 N–H and O–H groups in total. The summed E-state index contributed by atoms with van der Waals surface area (Å²) < 4.78 is 1.73. The van der Waals surface area contributed by atoms with Crippen molar-refractivity contribution in [2.24, 2.45) is 0 Å². The summed E-state index contributed by atoms with van der Waals surface area (Å²) in [6, 6.07) is 3.78. The molecule has 0 radical (unpaired) electrons. The van der Waals surface area contributed by atoms with Crippen LogP contribution in [-0.2, 0) is 6.54 Å². The number of hydrogen-bond acceptors (Lipinski definition) is 5. The predicted octanol–water partition coefficient (Wildman–Crippen LogP) is 0.484. The summed E-state index contributed by atoms with van der Waals surface area (Å²) in [5, 5.41) is 10.7. The molecule has 7 nitrogen and oxygen atoms in total. The molecule has 3 aromatic rings. The first-order valence-electron chi connectivity index (χ1n) is 5.19. The lowest BCUT2D eigenvalue weighted by molar-refractivity contribution is 0.824. The maximum atomic E-state index is 4.48. The lowest BCUT2D eigenvalue weighted by atomic mass is 10.4. The van der Waals surface area contributed by atoms with Crippen LogP contribution in [0.3, 0.4) is 0 Å². The Hall–Kier alpha value is -2.44. The van der Waals surface area contributed by atoms with E-state index in [1.165, 1.54) is 6.33 Å². The van der Waals surface area contributed by atoms with Gasteiger partial charge in [-0.3, -0.25) is 5.10 Å². The number of nitrogens with zero attached hydrogens (tertiary/aromatic N) is 6. The minimum atomic E-state index is 0.636. The second-order valence-corrected chi connectivity index (χ2v) is 3.71. The van der Waals surface area contributed by atoms with Crippen molar-refractivity contribution in [3.05, 3.63) is 36.7 Å². The van der Waals surface area contributed by atoms with Crippen LogP contribution >= 0.6 is 0 Å². The number of nitrogens with one attached hydrogen (secondary N) is 1. The standard InChI is InChI=1S/C10H11N7/c1-16(6-8-11-7-12-15-8)9-3-5-17-10(14-9)2-4-13-17/h2-5,7H,6H2,1H3,(H,11,12,15). The van der Waals surface area contributed by atoms with E-state index in [1.54, 1.807) is 10.7 Å². The molecule has 0 saturated carbocycles. The summed E-state index contributed by atoms with van der Waals surface area (Å²) in [4.78, 5) is 10.6. The predicted molar refractivity (Wildman–Crippen MR) is 61.5 cm³/mol. The van der Waals surface area contributed by atoms with Crippen LogP contribution in [-0.4, -0.2) is 36.8 Å². The van der Waals surface area contributed by atoms with E-state index >= 15 is 0 Å². The fourth-order valence-corrected chi connectivity index (χ4v) is 1.63. The molecule has 0 fully saturated rings. The van der Waals surface area contributed by atoms with Gasteiger partial charge in [-0.2, -0.15) is 10.2 Å². The van der Waals surface area contributed by atoms with Gasteiger partial charge in [0, 0.05) is 19.3 Å². The van der Waals surface area contributed by atoms with Crippen molar-refractivity contribution in [2.75, 3.05) is 11.9 Å². The van der Waals surface area contributed by atoms with Crippen molar-refractivity contribution in [3.63, 3.8) is 0 Å². The van der Waals surface area contributed by atoms with Crippen LogP contribution < -0.4 is 4.90 Å². The summed E-state index contributed by atoms with van der Waals surface area (Å²) in [5.74, 6) is 1.68. The molecule has 3 aromatic heterocycles. The molecule has 17 heavy (non-hydrogen) atoms. The number of rotatable bonds is 3.